The predicted octanol–water partition coefficient (Wildman–Crippen LogP) is 3.95. The van der Waals surface area contributed by atoms with Gasteiger partial charge in [0.1, 0.15) is 36.0 Å². The molecule has 1 saturated heterocycles. The van der Waals surface area contributed by atoms with Crippen molar-refractivity contribution in [3.63, 3.8) is 0 Å². The molecule has 43 heavy (non-hydrogen) atoms. The van der Waals surface area contributed by atoms with Crippen molar-refractivity contribution in [3.8, 4) is 17.7 Å². The van der Waals surface area contributed by atoms with Crippen LogP contribution in [0.1, 0.15) is 42.8 Å². The predicted molar refractivity (Wildman–Crippen MR) is 157 cm³/mol. The standard InChI is InChI=1S/C29H32N10O4/c1-18-11-20(14-30)35-28(33-18)34-19-3-5-22(6-4-19)43-27-24-12-23(42-17-21-15-32-29(37-40)38(21)2)16-31-25(24)13-26(36-27)39-7-9-41-10-8-39/h11-13,15-16,19,22H,3-10,17H2,1-2H3,(H,33,34,35). The van der Waals surface area contributed by atoms with Crippen LogP contribution in [0.15, 0.2) is 35.8 Å². The fourth-order valence-electron chi connectivity index (χ4n) is 5.35. The summed E-state index contributed by atoms with van der Waals surface area (Å²) in [5, 5.41) is 16.3. The van der Waals surface area contributed by atoms with E-state index in [-0.39, 0.29) is 24.7 Å². The highest BCUT2D eigenvalue weighted by Gasteiger charge is 2.25. The van der Waals surface area contributed by atoms with Gasteiger partial charge in [-0.15, -0.1) is 4.91 Å². The zero-order chi connectivity index (χ0) is 29.8. The molecule has 6 rings (SSSR count). The second kappa shape index (κ2) is 12.5. The Morgan fingerprint density at radius 3 is 2.65 bits per heavy atom. The fourth-order valence-corrected chi connectivity index (χ4v) is 5.35. The average Bonchev–Trinajstić information content (AvgIpc) is 3.39. The number of hydrogen-bond acceptors (Lipinski definition) is 13. The molecule has 5 heterocycles. The Balaban J connectivity index is 1.19. The van der Waals surface area contributed by atoms with E-state index in [1.54, 1.807) is 30.1 Å². The topological polar surface area (TPSA) is 166 Å². The molecule has 0 atom stereocenters. The molecule has 1 saturated carbocycles. The molecule has 0 bridgehead atoms. The van der Waals surface area contributed by atoms with Gasteiger partial charge in [-0.3, -0.25) is 4.98 Å². The van der Waals surface area contributed by atoms with E-state index in [0.29, 0.717) is 42.2 Å². The SMILES string of the molecule is Cc1cc(C#N)nc(NC2CCC(Oc3nc(N4CCOCC4)cc4ncc(OCc5cnc(N=O)n5C)cc34)CC2)n1. The molecule has 2 fully saturated rings. The smallest absolute Gasteiger partial charge is 0.271 e. The molecule has 1 aliphatic carbocycles. The van der Waals surface area contributed by atoms with E-state index in [9.17, 15) is 10.2 Å². The summed E-state index contributed by atoms with van der Waals surface area (Å²) in [5.74, 6) is 2.44. The number of morpholine rings is 1. The van der Waals surface area contributed by atoms with Crippen LogP contribution in [0.2, 0.25) is 0 Å². The second-order valence-electron chi connectivity index (χ2n) is 10.7. The highest BCUT2D eigenvalue weighted by molar-refractivity contribution is 5.87. The van der Waals surface area contributed by atoms with E-state index in [0.717, 1.165) is 61.2 Å². The summed E-state index contributed by atoms with van der Waals surface area (Å²) in [7, 11) is 1.71. The highest BCUT2D eigenvalue weighted by Crippen LogP contribution is 2.33. The van der Waals surface area contributed by atoms with E-state index in [1.807, 2.05) is 19.1 Å². The summed E-state index contributed by atoms with van der Waals surface area (Å²) in [5.41, 5.74) is 2.57. The van der Waals surface area contributed by atoms with Gasteiger partial charge in [-0.05, 0) is 44.7 Å². The van der Waals surface area contributed by atoms with Gasteiger partial charge in [-0.2, -0.15) is 10.2 Å². The molecule has 0 aromatic carbocycles. The number of aryl methyl sites for hydroxylation is 1. The van der Waals surface area contributed by atoms with E-state index in [2.05, 4.69) is 41.4 Å². The van der Waals surface area contributed by atoms with Crippen LogP contribution in [-0.2, 0) is 18.4 Å². The molecule has 0 radical (unpaired) electrons. The summed E-state index contributed by atoms with van der Waals surface area (Å²) in [6, 6.07) is 7.80. The van der Waals surface area contributed by atoms with E-state index >= 15 is 0 Å². The van der Waals surface area contributed by atoms with E-state index in [1.165, 1.54) is 0 Å². The first-order chi connectivity index (χ1) is 21.0. The lowest BCUT2D eigenvalue weighted by atomic mass is 9.93. The monoisotopic (exact) mass is 584 g/mol. The van der Waals surface area contributed by atoms with Gasteiger partial charge in [0.05, 0.1) is 42.2 Å². The van der Waals surface area contributed by atoms with E-state index in [4.69, 9.17) is 19.2 Å². The molecule has 1 N–H and O–H groups in total. The average molecular weight is 585 g/mol. The number of ether oxygens (including phenoxy) is 3. The summed E-state index contributed by atoms with van der Waals surface area (Å²) in [6.45, 7) is 4.82. The molecular formula is C29H32N10O4. The van der Waals surface area contributed by atoms with Gasteiger partial charge in [-0.25, -0.2) is 15.0 Å². The molecule has 0 spiro atoms. The Kier molecular flexibility index (Phi) is 8.23. The number of imidazole rings is 1. The van der Waals surface area contributed by atoms with Gasteiger partial charge in [-0.1, -0.05) is 0 Å². The number of nitriles is 1. The number of nitroso groups, excluding NO2 is 1. The molecule has 2 aliphatic rings. The number of pyridine rings is 2. The zero-order valence-corrected chi connectivity index (χ0v) is 24.1. The molecule has 222 valence electrons. The van der Waals surface area contributed by atoms with Gasteiger partial charge in [0.2, 0.25) is 11.8 Å². The lowest BCUT2D eigenvalue weighted by Gasteiger charge is -2.31. The quantitative estimate of drug-likeness (QED) is 0.282. The maximum absolute atomic E-state index is 10.9. The molecule has 4 aromatic rings. The number of rotatable bonds is 9. The van der Waals surface area contributed by atoms with Crippen molar-refractivity contribution in [2.75, 3.05) is 36.5 Å². The minimum atomic E-state index is -0.0323. The summed E-state index contributed by atoms with van der Waals surface area (Å²) < 4.78 is 19.7. The maximum atomic E-state index is 10.9. The number of hydrogen-bond donors (Lipinski definition) is 1. The summed E-state index contributed by atoms with van der Waals surface area (Å²) in [6.07, 6.45) is 6.56. The van der Waals surface area contributed by atoms with Crippen LogP contribution in [0.4, 0.5) is 17.7 Å². The summed E-state index contributed by atoms with van der Waals surface area (Å²) >= 11 is 0. The molecule has 0 unspecified atom stereocenters. The Morgan fingerprint density at radius 1 is 1.09 bits per heavy atom. The largest absolute Gasteiger partial charge is 0.486 e. The van der Waals surface area contributed by atoms with Crippen molar-refractivity contribution >= 4 is 28.6 Å². The van der Waals surface area contributed by atoms with Gasteiger partial charge in [0.25, 0.3) is 5.95 Å². The van der Waals surface area contributed by atoms with Crippen LogP contribution in [0, 0.1) is 23.2 Å². The van der Waals surface area contributed by atoms with Crippen molar-refractivity contribution in [1.29, 1.82) is 5.26 Å². The van der Waals surface area contributed by atoms with Crippen LogP contribution in [0.25, 0.3) is 10.9 Å². The van der Waals surface area contributed by atoms with Gasteiger partial charge < -0.3 is 29.0 Å². The Labute approximate surface area is 248 Å². The zero-order valence-electron chi connectivity index (χ0n) is 24.1. The number of nitrogens with one attached hydrogen (secondary N) is 1. The lowest BCUT2D eigenvalue weighted by Crippen LogP contribution is -2.37. The van der Waals surface area contributed by atoms with Crippen LogP contribution in [0.5, 0.6) is 11.6 Å². The molecule has 1 aliphatic heterocycles. The van der Waals surface area contributed by atoms with Crippen LogP contribution in [-0.4, -0.2) is 67.9 Å². The van der Waals surface area contributed by atoms with Crippen molar-refractivity contribution in [2.24, 2.45) is 12.2 Å². The van der Waals surface area contributed by atoms with Crippen LogP contribution < -0.4 is 19.7 Å². The Morgan fingerprint density at radius 2 is 1.91 bits per heavy atom. The van der Waals surface area contributed by atoms with E-state index < -0.39 is 0 Å². The first-order valence-corrected chi connectivity index (χ1v) is 14.3. The maximum Gasteiger partial charge on any atom is 0.271 e. The lowest BCUT2D eigenvalue weighted by molar-refractivity contribution is 0.122. The third kappa shape index (κ3) is 6.46. The molecular weight excluding hydrogens is 552 g/mol. The molecule has 0 amide bonds. The fraction of sp³-hybridized carbons (Fsp3) is 0.448. The number of aromatic nitrogens is 6. The summed E-state index contributed by atoms with van der Waals surface area (Å²) in [4.78, 5) is 35.4. The van der Waals surface area contributed by atoms with Gasteiger partial charge >= 0.3 is 0 Å². The van der Waals surface area contributed by atoms with Crippen molar-refractivity contribution in [1.82, 2.24) is 29.5 Å². The number of nitrogens with zero attached hydrogens (tertiary/aromatic N) is 9. The normalized spacial score (nSPS) is 18.7. The van der Waals surface area contributed by atoms with Crippen molar-refractivity contribution in [2.45, 2.75) is 51.4 Å². The molecule has 14 heteroatoms. The Bertz CT molecular complexity index is 1660. The first-order valence-electron chi connectivity index (χ1n) is 14.3. The molecule has 14 nitrogen and oxygen atoms in total. The highest BCUT2D eigenvalue weighted by atomic mass is 16.5. The third-order valence-corrected chi connectivity index (χ3v) is 7.72. The van der Waals surface area contributed by atoms with Gasteiger partial charge in [0, 0.05) is 43.1 Å². The van der Waals surface area contributed by atoms with Crippen molar-refractivity contribution in [3.05, 3.63) is 52.6 Å². The minimum Gasteiger partial charge on any atom is -0.486 e. The first kappa shape index (κ1) is 28.2. The second-order valence-corrected chi connectivity index (χ2v) is 10.7. The van der Waals surface area contributed by atoms with Crippen LogP contribution >= 0.6 is 0 Å². The Hall–Kier alpha value is -4.90. The number of anilines is 2. The van der Waals surface area contributed by atoms with Crippen LogP contribution in [0.3, 0.4) is 0 Å². The third-order valence-electron chi connectivity index (χ3n) is 7.72. The molecule has 4 aromatic heterocycles. The van der Waals surface area contributed by atoms with Gasteiger partial charge in [0.15, 0.2) is 0 Å². The van der Waals surface area contributed by atoms with Crippen molar-refractivity contribution < 1.29 is 14.2 Å². The number of fused-ring (bicyclic) bond motifs is 1. The minimum absolute atomic E-state index is 0.0323.